The van der Waals surface area contributed by atoms with Crippen LogP contribution >= 0.6 is 0 Å². The molecule has 3 aromatic rings. The molecule has 4 rings (SSSR count). The number of aromatic amines is 1. The summed E-state index contributed by atoms with van der Waals surface area (Å²) in [4.78, 5) is 26.1. The average molecular weight is 350 g/mol. The van der Waals surface area contributed by atoms with Crippen LogP contribution in [0.25, 0.3) is 17.0 Å². The number of rotatable bonds is 0. The summed E-state index contributed by atoms with van der Waals surface area (Å²) in [6.07, 6.45) is 3.34. The second-order valence-electron chi connectivity index (χ2n) is 6.37. The monoisotopic (exact) mass is 350 g/mol. The molecule has 0 unspecified atom stereocenters. The van der Waals surface area contributed by atoms with E-state index in [0.29, 0.717) is 40.7 Å². The van der Waals surface area contributed by atoms with Crippen LogP contribution in [0, 0.1) is 11.3 Å². The summed E-state index contributed by atoms with van der Waals surface area (Å²) in [5.74, 6) is 1.57. The molecule has 0 fully saturated rings. The SMILES string of the molecule is C[C@H]1CCCOc2ccnc3[nH]c(=O)n(c23)-c2ccc(C#N)c(n2)N1C. The van der Waals surface area contributed by atoms with Crippen LogP contribution in [0.1, 0.15) is 25.3 Å². The van der Waals surface area contributed by atoms with Crippen molar-refractivity contribution in [2.75, 3.05) is 18.6 Å². The minimum Gasteiger partial charge on any atom is -0.491 e. The number of hydrogen-bond acceptors (Lipinski definition) is 6. The second kappa shape index (κ2) is 6.19. The topological polar surface area (TPSA) is 99.8 Å². The molecule has 0 aliphatic carbocycles. The van der Waals surface area contributed by atoms with Crippen molar-refractivity contribution >= 4 is 17.0 Å². The van der Waals surface area contributed by atoms with Crippen molar-refractivity contribution in [2.24, 2.45) is 0 Å². The molecule has 8 heteroatoms. The van der Waals surface area contributed by atoms with Crippen LogP contribution in [0.15, 0.2) is 29.2 Å². The first-order chi connectivity index (χ1) is 12.6. The molecule has 132 valence electrons. The van der Waals surface area contributed by atoms with E-state index in [4.69, 9.17) is 4.74 Å². The third kappa shape index (κ3) is 2.49. The molecule has 0 aromatic carbocycles. The van der Waals surface area contributed by atoms with E-state index in [0.717, 1.165) is 12.8 Å². The zero-order valence-corrected chi connectivity index (χ0v) is 14.6. The Hall–Kier alpha value is -3.34. The van der Waals surface area contributed by atoms with Crippen LogP contribution in [0.5, 0.6) is 5.75 Å². The van der Waals surface area contributed by atoms with Gasteiger partial charge in [-0.3, -0.25) is 4.98 Å². The highest BCUT2D eigenvalue weighted by molar-refractivity contribution is 5.80. The second-order valence-corrected chi connectivity index (χ2v) is 6.37. The first kappa shape index (κ1) is 16.1. The summed E-state index contributed by atoms with van der Waals surface area (Å²) >= 11 is 0. The zero-order valence-electron chi connectivity index (χ0n) is 14.6. The first-order valence-electron chi connectivity index (χ1n) is 8.47. The van der Waals surface area contributed by atoms with Crippen LogP contribution in [0.3, 0.4) is 0 Å². The van der Waals surface area contributed by atoms with E-state index >= 15 is 0 Å². The van der Waals surface area contributed by atoms with Crippen molar-refractivity contribution in [3.63, 3.8) is 0 Å². The van der Waals surface area contributed by atoms with Crippen LogP contribution in [-0.4, -0.2) is 39.2 Å². The average Bonchev–Trinajstić information content (AvgIpc) is 2.99. The summed E-state index contributed by atoms with van der Waals surface area (Å²) in [6.45, 7) is 2.61. The Kier molecular flexibility index (Phi) is 3.84. The molecule has 0 spiro atoms. The number of anilines is 1. The quantitative estimate of drug-likeness (QED) is 0.665. The summed E-state index contributed by atoms with van der Waals surface area (Å²) in [7, 11) is 1.91. The smallest absolute Gasteiger partial charge is 0.333 e. The van der Waals surface area contributed by atoms with Gasteiger partial charge in [0, 0.05) is 25.4 Å². The number of ether oxygens (including phenoxy) is 1. The van der Waals surface area contributed by atoms with Gasteiger partial charge in [0.15, 0.2) is 5.65 Å². The lowest BCUT2D eigenvalue weighted by Crippen LogP contribution is -2.31. The van der Waals surface area contributed by atoms with E-state index in [1.165, 1.54) is 4.57 Å². The van der Waals surface area contributed by atoms with Gasteiger partial charge in [0.2, 0.25) is 0 Å². The van der Waals surface area contributed by atoms with Gasteiger partial charge in [-0.1, -0.05) is 0 Å². The third-order valence-electron chi connectivity index (χ3n) is 4.77. The van der Waals surface area contributed by atoms with Gasteiger partial charge in [-0.2, -0.15) is 5.26 Å². The molecule has 1 aliphatic rings. The predicted octanol–water partition coefficient (Wildman–Crippen LogP) is 1.98. The number of hydrogen-bond donors (Lipinski definition) is 1. The first-order valence-corrected chi connectivity index (χ1v) is 8.47. The highest BCUT2D eigenvalue weighted by Gasteiger charge is 2.21. The largest absolute Gasteiger partial charge is 0.491 e. The Morgan fingerprint density at radius 3 is 3.04 bits per heavy atom. The number of nitriles is 1. The molecular formula is C18H18N6O2. The fourth-order valence-electron chi connectivity index (χ4n) is 3.22. The van der Waals surface area contributed by atoms with Gasteiger partial charge < -0.3 is 9.64 Å². The summed E-state index contributed by atoms with van der Waals surface area (Å²) in [5.41, 5.74) is 1.12. The molecule has 1 aliphatic heterocycles. The molecule has 0 saturated carbocycles. The third-order valence-corrected chi connectivity index (χ3v) is 4.77. The summed E-state index contributed by atoms with van der Waals surface area (Å²) < 4.78 is 7.37. The van der Waals surface area contributed by atoms with Crippen LogP contribution in [0.4, 0.5) is 5.82 Å². The van der Waals surface area contributed by atoms with Gasteiger partial charge in [-0.15, -0.1) is 0 Å². The van der Waals surface area contributed by atoms with Crippen molar-refractivity contribution in [1.82, 2.24) is 19.5 Å². The highest BCUT2D eigenvalue weighted by Crippen LogP contribution is 2.27. The van der Waals surface area contributed by atoms with Gasteiger partial charge >= 0.3 is 5.69 Å². The minimum atomic E-state index is -0.348. The van der Waals surface area contributed by atoms with Gasteiger partial charge in [-0.05, 0) is 31.9 Å². The van der Waals surface area contributed by atoms with Crippen molar-refractivity contribution in [3.05, 3.63) is 40.4 Å². The zero-order chi connectivity index (χ0) is 18.3. The van der Waals surface area contributed by atoms with Gasteiger partial charge in [0.25, 0.3) is 0 Å². The number of H-pyrrole nitrogens is 1. The lowest BCUT2D eigenvalue weighted by Gasteiger charge is -2.27. The normalized spacial score (nSPS) is 17.1. The van der Waals surface area contributed by atoms with E-state index < -0.39 is 0 Å². The molecule has 0 radical (unpaired) electrons. The number of nitrogens with zero attached hydrogens (tertiary/aromatic N) is 5. The van der Waals surface area contributed by atoms with Crippen LogP contribution in [0.2, 0.25) is 0 Å². The maximum absolute atomic E-state index is 12.6. The Labute approximate surface area is 149 Å². The maximum atomic E-state index is 12.6. The molecule has 4 heterocycles. The molecule has 0 amide bonds. The summed E-state index contributed by atoms with van der Waals surface area (Å²) in [6, 6.07) is 7.46. The predicted molar refractivity (Wildman–Crippen MR) is 96.8 cm³/mol. The molecule has 8 nitrogen and oxygen atoms in total. The highest BCUT2D eigenvalue weighted by atomic mass is 16.5. The molecule has 2 bridgehead atoms. The van der Waals surface area contributed by atoms with E-state index in [2.05, 4.69) is 27.9 Å². The summed E-state index contributed by atoms with van der Waals surface area (Å²) in [5, 5.41) is 9.46. The van der Waals surface area contributed by atoms with E-state index in [9.17, 15) is 10.1 Å². The molecule has 1 atom stereocenters. The lowest BCUT2D eigenvalue weighted by molar-refractivity contribution is 0.304. The molecule has 3 aromatic heterocycles. The van der Waals surface area contributed by atoms with E-state index in [1.807, 2.05) is 11.9 Å². The van der Waals surface area contributed by atoms with Crippen LogP contribution in [-0.2, 0) is 0 Å². The Morgan fingerprint density at radius 2 is 2.23 bits per heavy atom. The molecule has 1 N–H and O–H groups in total. The van der Waals surface area contributed by atoms with E-state index in [1.54, 1.807) is 24.4 Å². The van der Waals surface area contributed by atoms with Crippen molar-refractivity contribution in [1.29, 1.82) is 5.26 Å². The number of pyridine rings is 2. The fraction of sp³-hybridized carbons (Fsp3) is 0.333. The molecule has 26 heavy (non-hydrogen) atoms. The van der Waals surface area contributed by atoms with Crippen molar-refractivity contribution in [3.8, 4) is 17.6 Å². The van der Waals surface area contributed by atoms with Gasteiger partial charge in [0.1, 0.15) is 29.0 Å². The Balaban J connectivity index is 2.04. The molecular weight excluding hydrogens is 332 g/mol. The van der Waals surface area contributed by atoms with Crippen molar-refractivity contribution in [2.45, 2.75) is 25.8 Å². The molecule has 0 saturated heterocycles. The number of imidazole rings is 1. The standard InChI is InChI=1S/C18H18N6O2/c1-11-4-3-9-26-13-7-8-20-16-15(13)24(18(25)22-16)14-6-5-12(10-19)17(21-14)23(11)2/h5-8,11H,3-4,9H2,1-2H3,(H,20,22,25)/t11-/m0/s1. The van der Waals surface area contributed by atoms with Crippen molar-refractivity contribution < 1.29 is 4.74 Å². The fourth-order valence-corrected chi connectivity index (χ4v) is 3.22. The Morgan fingerprint density at radius 1 is 1.38 bits per heavy atom. The number of fused-ring (bicyclic) bond motifs is 3. The Bertz CT molecular complexity index is 1080. The van der Waals surface area contributed by atoms with Gasteiger partial charge in [0.05, 0.1) is 12.2 Å². The minimum absolute atomic E-state index is 0.174. The maximum Gasteiger partial charge on any atom is 0.333 e. The van der Waals surface area contributed by atoms with Gasteiger partial charge in [-0.25, -0.2) is 19.3 Å². The number of nitrogens with one attached hydrogen (secondary N) is 1. The van der Waals surface area contributed by atoms with Crippen LogP contribution < -0.4 is 15.3 Å². The number of aromatic nitrogens is 4. The lowest BCUT2D eigenvalue weighted by atomic mass is 10.1. The van der Waals surface area contributed by atoms with E-state index in [-0.39, 0.29) is 11.7 Å².